The SMILES string of the molecule is CON=C(C(=O)NC1C(=O)N2C(C(=O)OCc3ccc([N+](=O)[O-])cc3)=C(Cl)CS[C@H]12)c1csc(NC=O)n1. The van der Waals surface area contributed by atoms with Gasteiger partial charge >= 0.3 is 5.97 Å². The van der Waals surface area contributed by atoms with Gasteiger partial charge in [-0.05, 0) is 17.7 Å². The number of thioether (sulfide) groups is 1. The lowest BCUT2D eigenvalue weighted by Gasteiger charge is -2.49. The number of ether oxygens (including phenoxy) is 1. The Morgan fingerprint density at radius 1 is 1.37 bits per heavy atom. The summed E-state index contributed by atoms with van der Waals surface area (Å²) in [5.41, 5.74) is 0.163. The number of nitrogens with zero attached hydrogens (tertiary/aromatic N) is 4. The van der Waals surface area contributed by atoms with Crippen molar-refractivity contribution >= 4 is 75.4 Å². The number of oxime groups is 1. The Hall–Kier alpha value is -4.02. The van der Waals surface area contributed by atoms with Crippen molar-refractivity contribution in [1.82, 2.24) is 15.2 Å². The number of aromatic nitrogens is 1. The molecule has 3 heterocycles. The Bertz CT molecular complexity index is 1360. The highest BCUT2D eigenvalue weighted by Crippen LogP contribution is 2.41. The molecule has 2 N–H and O–H groups in total. The average molecular weight is 581 g/mol. The largest absolute Gasteiger partial charge is 0.456 e. The van der Waals surface area contributed by atoms with Gasteiger partial charge in [0.2, 0.25) is 6.41 Å². The Morgan fingerprint density at radius 2 is 2.11 bits per heavy atom. The molecule has 198 valence electrons. The molecule has 3 amide bonds. The third-order valence-corrected chi connectivity index (χ3v) is 7.77. The van der Waals surface area contributed by atoms with Gasteiger partial charge in [-0.2, -0.15) is 0 Å². The molecule has 1 aromatic carbocycles. The highest BCUT2D eigenvalue weighted by atomic mass is 35.5. The summed E-state index contributed by atoms with van der Waals surface area (Å²) in [6.45, 7) is -0.198. The molecule has 2 aromatic rings. The van der Waals surface area contributed by atoms with Gasteiger partial charge in [0, 0.05) is 23.3 Å². The number of nitro benzene ring substituents is 1. The second-order valence-electron chi connectivity index (χ2n) is 7.54. The van der Waals surface area contributed by atoms with Crippen LogP contribution in [0.15, 0.2) is 45.5 Å². The second kappa shape index (κ2) is 11.6. The van der Waals surface area contributed by atoms with Crippen molar-refractivity contribution in [3.63, 3.8) is 0 Å². The number of hydrogen-bond acceptors (Lipinski definition) is 12. The highest BCUT2D eigenvalue weighted by molar-refractivity contribution is 8.00. The Balaban J connectivity index is 1.42. The lowest BCUT2D eigenvalue weighted by molar-refractivity contribution is -0.384. The van der Waals surface area contributed by atoms with Crippen molar-refractivity contribution in [2.24, 2.45) is 5.16 Å². The quantitative estimate of drug-likeness (QED) is 0.104. The zero-order chi connectivity index (χ0) is 27.4. The predicted octanol–water partition coefficient (Wildman–Crippen LogP) is 1.56. The number of benzene rings is 1. The number of esters is 1. The monoisotopic (exact) mass is 580 g/mol. The number of carbonyl (C=O) groups excluding carboxylic acids is 4. The van der Waals surface area contributed by atoms with Crippen LogP contribution in [0.1, 0.15) is 11.3 Å². The van der Waals surface area contributed by atoms with Crippen LogP contribution in [-0.2, 0) is 35.4 Å². The van der Waals surface area contributed by atoms with Crippen LogP contribution in [-0.4, -0.2) is 69.0 Å². The lowest BCUT2D eigenvalue weighted by atomic mass is 10.0. The van der Waals surface area contributed by atoms with Crippen LogP contribution in [0.5, 0.6) is 0 Å². The summed E-state index contributed by atoms with van der Waals surface area (Å²) in [5, 5.41) is 20.6. The van der Waals surface area contributed by atoms with Crippen molar-refractivity contribution in [3.05, 3.63) is 61.7 Å². The number of rotatable bonds is 10. The number of non-ortho nitro benzene ring substituents is 1. The van der Waals surface area contributed by atoms with Crippen LogP contribution >= 0.6 is 34.7 Å². The molecule has 17 heteroatoms. The Kier molecular flexibility index (Phi) is 8.23. The van der Waals surface area contributed by atoms with Gasteiger partial charge in [0.05, 0.1) is 9.96 Å². The molecule has 14 nitrogen and oxygen atoms in total. The van der Waals surface area contributed by atoms with E-state index in [2.05, 4.69) is 20.8 Å². The number of halogens is 1. The first-order valence-electron chi connectivity index (χ1n) is 10.6. The average Bonchev–Trinajstić information content (AvgIpc) is 3.37. The number of thiazole rings is 1. The van der Waals surface area contributed by atoms with Crippen molar-refractivity contribution in [3.8, 4) is 0 Å². The van der Waals surface area contributed by atoms with Crippen LogP contribution in [0.3, 0.4) is 0 Å². The summed E-state index contributed by atoms with van der Waals surface area (Å²) >= 11 is 8.56. The first-order valence-corrected chi connectivity index (χ1v) is 12.9. The third kappa shape index (κ3) is 5.46. The van der Waals surface area contributed by atoms with Gasteiger partial charge in [0.15, 0.2) is 10.8 Å². The van der Waals surface area contributed by atoms with Crippen LogP contribution in [0.4, 0.5) is 10.8 Å². The fourth-order valence-corrected chi connectivity index (χ4v) is 5.71. The van der Waals surface area contributed by atoms with Gasteiger partial charge in [-0.25, -0.2) is 9.78 Å². The molecular formula is C21H17ClN6O8S2. The minimum Gasteiger partial charge on any atom is -0.456 e. The second-order valence-corrected chi connectivity index (χ2v) is 9.96. The maximum absolute atomic E-state index is 13.0. The Morgan fingerprint density at radius 3 is 2.76 bits per heavy atom. The van der Waals surface area contributed by atoms with Gasteiger partial charge in [0.1, 0.15) is 36.5 Å². The number of carbonyl (C=O) groups is 4. The number of hydrogen-bond donors (Lipinski definition) is 2. The van der Waals surface area contributed by atoms with E-state index < -0.39 is 34.1 Å². The van der Waals surface area contributed by atoms with E-state index >= 15 is 0 Å². The molecule has 1 saturated heterocycles. The number of nitro groups is 1. The normalized spacial score (nSPS) is 18.7. The van der Waals surface area contributed by atoms with Crippen LogP contribution in [0.25, 0.3) is 0 Å². The fraction of sp³-hybridized carbons (Fsp3) is 0.238. The molecule has 0 saturated carbocycles. The maximum atomic E-state index is 13.0. The smallest absolute Gasteiger partial charge is 0.356 e. The number of nitrogens with one attached hydrogen (secondary N) is 2. The van der Waals surface area contributed by atoms with Gasteiger partial charge in [0.25, 0.3) is 17.5 Å². The van der Waals surface area contributed by atoms with E-state index in [1.165, 1.54) is 48.5 Å². The summed E-state index contributed by atoms with van der Waals surface area (Å²) in [5.74, 6) is -2.00. The molecule has 1 aromatic heterocycles. The van der Waals surface area contributed by atoms with E-state index in [9.17, 15) is 29.3 Å². The fourth-order valence-electron chi connectivity index (χ4n) is 3.51. The molecule has 0 aliphatic carbocycles. The standard InChI is InChI=1S/C21H17ClN6O8S2/c1-35-26-14(13-8-38-21(24-13)23-9-29)17(30)25-15-18(31)27-16(12(22)7-37-19(15)27)20(32)36-6-10-2-4-11(5-3-10)28(33)34/h2-5,8-9,15,19H,6-7H2,1H3,(H,25,30)(H,23,24,29)/t15?,19-/m1/s1. The summed E-state index contributed by atoms with van der Waals surface area (Å²) in [4.78, 5) is 69.6. The van der Waals surface area contributed by atoms with Crippen LogP contribution in [0.2, 0.25) is 0 Å². The molecular weight excluding hydrogens is 564 g/mol. The highest BCUT2D eigenvalue weighted by Gasteiger charge is 2.54. The summed E-state index contributed by atoms with van der Waals surface area (Å²) in [6.07, 6.45) is 0.435. The first-order chi connectivity index (χ1) is 18.2. The number of amides is 3. The third-order valence-electron chi connectivity index (χ3n) is 5.25. The summed E-state index contributed by atoms with van der Waals surface area (Å²) < 4.78 is 5.29. The molecule has 1 fully saturated rings. The first kappa shape index (κ1) is 27.0. The zero-order valence-corrected chi connectivity index (χ0v) is 21.7. The molecule has 38 heavy (non-hydrogen) atoms. The van der Waals surface area contributed by atoms with Crippen molar-refractivity contribution < 1.29 is 33.7 Å². The molecule has 0 spiro atoms. The van der Waals surface area contributed by atoms with Crippen molar-refractivity contribution in [2.75, 3.05) is 18.2 Å². The minimum absolute atomic E-state index is 0.108. The molecule has 0 bridgehead atoms. The molecule has 1 unspecified atom stereocenters. The predicted molar refractivity (Wildman–Crippen MR) is 136 cm³/mol. The topological polar surface area (TPSA) is 182 Å². The number of anilines is 1. The Labute approximate surface area is 227 Å². The van der Waals surface area contributed by atoms with Gasteiger partial charge in [-0.15, -0.1) is 23.1 Å². The summed E-state index contributed by atoms with van der Waals surface area (Å²) in [6, 6.07) is 4.45. The van der Waals surface area contributed by atoms with E-state index in [1.54, 1.807) is 0 Å². The molecule has 0 radical (unpaired) electrons. The van der Waals surface area contributed by atoms with E-state index in [-0.39, 0.29) is 45.3 Å². The molecule has 4 rings (SSSR count). The molecule has 2 aliphatic heterocycles. The molecule has 2 aliphatic rings. The zero-order valence-electron chi connectivity index (χ0n) is 19.3. The van der Waals surface area contributed by atoms with Gasteiger partial charge in [-0.1, -0.05) is 16.8 Å². The lowest BCUT2D eigenvalue weighted by Crippen LogP contribution is -2.71. The van der Waals surface area contributed by atoms with E-state index in [0.29, 0.717) is 12.0 Å². The summed E-state index contributed by atoms with van der Waals surface area (Å²) in [7, 11) is 1.23. The molecule has 2 atom stereocenters. The van der Waals surface area contributed by atoms with Crippen LogP contribution < -0.4 is 10.6 Å². The van der Waals surface area contributed by atoms with Crippen LogP contribution in [0, 0.1) is 10.1 Å². The van der Waals surface area contributed by atoms with Gasteiger partial charge < -0.3 is 20.2 Å². The van der Waals surface area contributed by atoms with E-state index in [0.717, 1.165) is 16.2 Å². The van der Waals surface area contributed by atoms with Gasteiger partial charge in [-0.3, -0.25) is 29.4 Å². The minimum atomic E-state index is -0.997. The number of fused-ring (bicyclic) bond motifs is 1. The number of β-lactam (4-membered cyclic amide) rings is 1. The van der Waals surface area contributed by atoms with Crippen molar-refractivity contribution in [1.29, 1.82) is 0 Å². The maximum Gasteiger partial charge on any atom is 0.356 e. The van der Waals surface area contributed by atoms with Crippen molar-refractivity contribution in [2.45, 2.75) is 18.0 Å². The van der Waals surface area contributed by atoms with E-state index in [1.807, 2.05) is 0 Å². The van der Waals surface area contributed by atoms with E-state index in [4.69, 9.17) is 21.2 Å².